The van der Waals surface area contributed by atoms with Crippen LogP contribution >= 0.6 is 0 Å². The second-order valence-corrected chi connectivity index (χ2v) is 8.31. The highest BCUT2D eigenvalue weighted by Crippen LogP contribution is 2.49. The summed E-state index contributed by atoms with van der Waals surface area (Å²) in [5.74, 6) is 0.435. The second-order valence-electron chi connectivity index (χ2n) is 8.31. The van der Waals surface area contributed by atoms with Crippen LogP contribution in [0.25, 0.3) is 11.1 Å². The Morgan fingerprint density at radius 3 is 2.65 bits per heavy atom. The number of likely N-dealkylation sites (N-methyl/N-ethyl adjacent to an activating group) is 1. The number of ether oxygens (including phenoxy) is 1. The molecule has 1 fully saturated rings. The fraction of sp³-hybridized carbons (Fsp3) is 0.500. The number of nitrogens with zero attached hydrogens (tertiary/aromatic N) is 2. The molecule has 31 heavy (non-hydrogen) atoms. The number of nitrogens with one attached hydrogen (secondary N) is 1. The molecule has 4 atom stereocenters. The van der Waals surface area contributed by atoms with Crippen molar-refractivity contribution in [3.8, 4) is 16.9 Å². The molecule has 1 aromatic heterocycles. The summed E-state index contributed by atoms with van der Waals surface area (Å²) in [5.41, 5.74) is 2.23. The van der Waals surface area contributed by atoms with E-state index in [0.29, 0.717) is 30.9 Å². The first-order valence-electron chi connectivity index (χ1n) is 11.1. The van der Waals surface area contributed by atoms with Gasteiger partial charge in [-0.15, -0.1) is 0 Å². The number of benzene rings is 1. The third-order valence-electron chi connectivity index (χ3n) is 6.77. The van der Waals surface area contributed by atoms with Crippen molar-refractivity contribution in [2.75, 3.05) is 26.8 Å². The largest absolute Gasteiger partial charge is 0.496 e. The van der Waals surface area contributed by atoms with E-state index < -0.39 is 0 Å². The zero-order valence-corrected chi connectivity index (χ0v) is 18.4. The summed E-state index contributed by atoms with van der Waals surface area (Å²) in [6, 6.07) is 10.9. The zero-order chi connectivity index (χ0) is 22.1. The minimum Gasteiger partial charge on any atom is -0.496 e. The second kappa shape index (κ2) is 8.85. The maximum absolute atomic E-state index is 13.5. The number of para-hydroxylation sites is 1. The third kappa shape index (κ3) is 3.46. The van der Waals surface area contributed by atoms with Gasteiger partial charge in [0.25, 0.3) is 5.56 Å². The average Bonchev–Trinajstić information content (AvgIpc) is 3.32. The molecule has 7 nitrogen and oxygen atoms in total. The summed E-state index contributed by atoms with van der Waals surface area (Å²) in [5, 5.41) is 13.2. The minimum absolute atomic E-state index is 0.0166. The predicted molar refractivity (Wildman–Crippen MR) is 119 cm³/mol. The van der Waals surface area contributed by atoms with Crippen LogP contribution in [0.1, 0.15) is 32.0 Å². The fourth-order valence-electron chi connectivity index (χ4n) is 5.41. The van der Waals surface area contributed by atoms with Crippen LogP contribution in [0.5, 0.6) is 5.75 Å². The van der Waals surface area contributed by atoms with Crippen molar-refractivity contribution in [3.63, 3.8) is 0 Å². The van der Waals surface area contributed by atoms with E-state index in [2.05, 4.69) is 10.2 Å². The van der Waals surface area contributed by atoms with E-state index in [1.54, 1.807) is 7.11 Å². The number of rotatable bonds is 7. The molecular formula is C24H31N3O4. The van der Waals surface area contributed by atoms with E-state index in [0.717, 1.165) is 17.7 Å². The van der Waals surface area contributed by atoms with Crippen molar-refractivity contribution in [2.45, 2.75) is 38.9 Å². The van der Waals surface area contributed by atoms with Crippen molar-refractivity contribution < 1.29 is 14.6 Å². The van der Waals surface area contributed by atoms with Crippen LogP contribution < -0.4 is 15.6 Å². The van der Waals surface area contributed by atoms with Crippen LogP contribution in [0.2, 0.25) is 0 Å². The molecule has 1 amide bonds. The molecule has 2 N–H and O–H groups in total. The quantitative estimate of drug-likeness (QED) is 0.709. The molecule has 0 saturated carbocycles. The molecule has 7 heteroatoms. The number of hydrogen-bond acceptors (Lipinski definition) is 5. The molecule has 0 bridgehead atoms. The molecule has 1 saturated heterocycles. The minimum atomic E-state index is -0.380. The molecule has 0 spiro atoms. The molecule has 0 radical (unpaired) electrons. The number of methoxy groups -OCH3 is 1. The zero-order valence-electron chi connectivity index (χ0n) is 18.4. The molecule has 1 aromatic carbocycles. The first kappa shape index (κ1) is 21.6. The highest BCUT2D eigenvalue weighted by Gasteiger charge is 2.54. The maximum atomic E-state index is 13.5. The van der Waals surface area contributed by atoms with Crippen LogP contribution in [-0.2, 0) is 11.3 Å². The molecule has 3 heterocycles. The number of likely N-dealkylation sites (tertiary alicyclic amines) is 1. The average molecular weight is 426 g/mol. The van der Waals surface area contributed by atoms with Crippen LogP contribution in [-0.4, -0.2) is 53.3 Å². The Labute approximate surface area is 182 Å². The third-order valence-corrected chi connectivity index (χ3v) is 6.77. The molecule has 2 aliphatic heterocycles. The number of fused-ring (bicyclic) bond motifs is 3. The Bertz CT molecular complexity index is 1020. The van der Waals surface area contributed by atoms with Crippen molar-refractivity contribution in [1.29, 1.82) is 0 Å². The van der Waals surface area contributed by atoms with Crippen LogP contribution in [0, 0.1) is 11.8 Å². The van der Waals surface area contributed by atoms with Gasteiger partial charge in [0.2, 0.25) is 5.91 Å². The summed E-state index contributed by atoms with van der Waals surface area (Å²) in [7, 11) is 1.60. The Balaban J connectivity index is 1.74. The molecule has 2 aliphatic rings. The van der Waals surface area contributed by atoms with Gasteiger partial charge in [-0.25, -0.2) is 0 Å². The number of aliphatic hydroxyl groups is 1. The molecule has 2 aromatic rings. The summed E-state index contributed by atoms with van der Waals surface area (Å²) in [4.78, 5) is 28.5. The van der Waals surface area contributed by atoms with Gasteiger partial charge < -0.3 is 19.7 Å². The monoisotopic (exact) mass is 425 g/mol. The van der Waals surface area contributed by atoms with Gasteiger partial charge in [-0.1, -0.05) is 32.0 Å². The Morgan fingerprint density at radius 1 is 1.19 bits per heavy atom. The number of hydrogen-bond donors (Lipinski definition) is 2. The van der Waals surface area contributed by atoms with E-state index in [1.807, 2.05) is 54.8 Å². The number of carbonyl (C=O) groups excluding carboxylic acids is 1. The van der Waals surface area contributed by atoms with Crippen LogP contribution in [0.15, 0.2) is 41.2 Å². The van der Waals surface area contributed by atoms with E-state index in [9.17, 15) is 14.7 Å². The van der Waals surface area contributed by atoms with E-state index in [1.165, 1.54) is 0 Å². The molecule has 4 rings (SSSR count). The van der Waals surface area contributed by atoms with Gasteiger partial charge in [0.05, 0.1) is 24.8 Å². The summed E-state index contributed by atoms with van der Waals surface area (Å²) in [6.45, 7) is 5.77. The number of amides is 1. The fourth-order valence-corrected chi connectivity index (χ4v) is 5.41. The van der Waals surface area contributed by atoms with Crippen LogP contribution in [0.3, 0.4) is 0 Å². The van der Waals surface area contributed by atoms with Crippen molar-refractivity contribution >= 4 is 5.91 Å². The lowest BCUT2D eigenvalue weighted by Crippen LogP contribution is -2.48. The van der Waals surface area contributed by atoms with Gasteiger partial charge in [0, 0.05) is 42.8 Å². The van der Waals surface area contributed by atoms with E-state index in [-0.39, 0.29) is 42.0 Å². The molecule has 166 valence electrons. The van der Waals surface area contributed by atoms with Gasteiger partial charge in [0.15, 0.2) is 0 Å². The topological polar surface area (TPSA) is 83.8 Å². The summed E-state index contributed by atoms with van der Waals surface area (Å²) < 4.78 is 7.28. The molecule has 0 unspecified atom stereocenters. The lowest BCUT2D eigenvalue weighted by Gasteiger charge is -2.29. The summed E-state index contributed by atoms with van der Waals surface area (Å²) in [6.07, 6.45) is 0.866. The van der Waals surface area contributed by atoms with Crippen molar-refractivity contribution in [3.05, 3.63) is 52.4 Å². The number of carbonyl (C=O) groups is 1. The van der Waals surface area contributed by atoms with Crippen LogP contribution in [0.4, 0.5) is 0 Å². The smallest absolute Gasteiger partial charge is 0.258 e. The van der Waals surface area contributed by atoms with Gasteiger partial charge in [-0.05, 0) is 31.2 Å². The Morgan fingerprint density at radius 2 is 1.97 bits per heavy atom. The van der Waals surface area contributed by atoms with E-state index in [4.69, 9.17) is 4.74 Å². The first-order valence-corrected chi connectivity index (χ1v) is 11.1. The normalized spacial score (nSPS) is 24.6. The molecular weight excluding hydrogens is 394 g/mol. The first-order chi connectivity index (χ1) is 15.1. The Hall–Kier alpha value is -2.64. The number of aliphatic hydroxyl groups excluding tert-OH is 1. The predicted octanol–water partition coefficient (Wildman–Crippen LogP) is 2.03. The Kier molecular flexibility index (Phi) is 6.16. The van der Waals surface area contributed by atoms with E-state index >= 15 is 0 Å². The number of pyridine rings is 1. The number of aromatic nitrogens is 1. The van der Waals surface area contributed by atoms with Gasteiger partial charge in [0.1, 0.15) is 5.75 Å². The lowest BCUT2D eigenvalue weighted by molar-refractivity contribution is -0.127. The highest BCUT2D eigenvalue weighted by molar-refractivity contribution is 5.82. The highest BCUT2D eigenvalue weighted by atomic mass is 16.5. The maximum Gasteiger partial charge on any atom is 0.258 e. The van der Waals surface area contributed by atoms with Crippen molar-refractivity contribution in [1.82, 2.24) is 14.8 Å². The van der Waals surface area contributed by atoms with Gasteiger partial charge >= 0.3 is 0 Å². The SMILES string of the molecule is CCCNC(=O)[C@H]1[C@H](CO)[C@H]2Cn3c(ccc(-c4ccccc4OC)c3=O)[C@H]2N1CC. The van der Waals surface area contributed by atoms with Gasteiger partial charge in [-0.2, -0.15) is 0 Å². The summed E-state index contributed by atoms with van der Waals surface area (Å²) >= 11 is 0. The van der Waals surface area contributed by atoms with Crippen molar-refractivity contribution in [2.24, 2.45) is 11.8 Å². The van der Waals surface area contributed by atoms with Gasteiger partial charge in [-0.3, -0.25) is 14.5 Å². The lowest BCUT2D eigenvalue weighted by atomic mass is 9.88. The standard InChI is InChI=1S/C24H31N3O4/c1-4-12-25-23(29)22-18(14-28)17-13-27-19(21(17)26(22)5-2)11-10-16(24(27)30)15-8-6-7-9-20(15)31-3/h6-11,17-18,21-22,28H,4-5,12-14H2,1-3H3,(H,25,29)/t17-,18-,21+,22-/m1/s1. The molecule has 0 aliphatic carbocycles.